The SMILES string of the molecule is CN(OCC(=O)Oc1c(Cl)c(Cl)c(Cl)c(Cl)c1Cl)C(=O)C1=CN/N=C(/C=C/C=C/C=C2/N(CCCSO)c3ccc(S(=O)O)cc3C2(C)C)C(C)(C)C(CCS(=O)O)=C1. The van der Waals surface area contributed by atoms with Gasteiger partial charge in [-0.3, -0.25) is 15.1 Å². The molecule has 2 atom stereocenters. The molecule has 2 unspecified atom stereocenters. The molecule has 2 heterocycles. The Kier molecular flexibility index (Phi) is 17.7. The van der Waals surface area contributed by atoms with Gasteiger partial charge in [0.05, 0.1) is 37.0 Å². The van der Waals surface area contributed by atoms with Crippen molar-refractivity contribution in [3.8, 4) is 5.75 Å². The molecule has 0 radical (unpaired) electrons. The fourth-order valence-electron chi connectivity index (χ4n) is 6.19. The number of fused-ring (bicyclic) bond motifs is 1. The van der Waals surface area contributed by atoms with E-state index in [9.17, 15) is 31.7 Å². The zero-order valence-corrected chi connectivity index (χ0v) is 38.5. The molecule has 2 aromatic rings. The Bertz CT molecular complexity index is 2180. The van der Waals surface area contributed by atoms with Gasteiger partial charge >= 0.3 is 5.97 Å². The maximum atomic E-state index is 13.5. The summed E-state index contributed by atoms with van der Waals surface area (Å²) < 4.78 is 57.6. The van der Waals surface area contributed by atoms with E-state index in [0.717, 1.165) is 34.1 Å². The van der Waals surface area contributed by atoms with Crippen LogP contribution in [0.15, 0.2) is 87.7 Å². The summed E-state index contributed by atoms with van der Waals surface area (Å²) >= 11 is 26.9. The third-order valence-corrected chi connectivity index (χ3v) is 13.4. The highest BCUT2D eigenvalue weighted by Gasteiger charge is 2.40. The van der Waals surface area contributed by atoms with Crippen molar-refractivity contribution < 1.29 is 41.2 Å². The van der Waals surface area contributed by atoms with Crippen molar-refractivity contribution in [2.24, 2.45) is 10.5 Å². The zero-order chi connectivity index (χ0) is 43.8. The summed E-state index contributed by atoms with van der Waals surface area (Å²) in [7, 11) is 1.28. The first-order chi connectivity index (χ1) is 27.7. The molecule has 0 spiro atoms. The summed E-state index contributed by atoms with van der Waals surface area (Å²) in [6, 6.07) is 5.23. The minimum Gasteiger partial charge on any atom is -0.421 e. The van der Waals surface area contributed by atoms with Gasteiger partial charge in [-0.25, -0.2) is 18.3 Å². The van der Waals surface area contributed by atoms with Gasteiger partial charge in [0.15, 0.2) is 34.5 Å². The minimum absolute atomic E-state index is 0.0629. The van der Waals surface area contributed by atoms with Crippen LogP contribution >= 0.6 is 70.0 Å². The molecule has 21 heteroatoms. The van der Waals surface area contributed by atoms with Crippen molar-refractivity contribution >= 4 is 115 Å². The van der Waals surface area contributed by atoms with Crippen LogP contribution in [0.1, 0.15) is 46.1 Å². The Balaban J connectivity index is 1.54. The molecule has 2 aromatic carbocycles. The van der Waals surface area contributed by atoms with E-state index in [-0.39, 0.29) is 48.6 Å². The number of carbonyl (C=O) groups is 2. The van der Waals surface area contributed by atoms with Crippen molar-refractivity contribution in [3.05, 3.63) is 108 Å². The van der Waals surface area contributed by atoms with Crippen LogP contribution in [0.2, 0.25) is 25.1 Å². The van der Waals surface area contributed by atoms with E-state index in [4.69, 9.17) is 67.6 Å². The zero-order valence-electron chi connectivity index (χ0n) is 32.3. The molecule has 0 fully saturated rings. The number of nitrogens with one attached hydrogen (secondary N) is 1. The first-order valence-corrected chi connectivity index (χ1v) is 22.8. The van der Waals surface area contributed by atoms with E-state index in [2.05, 4.69) is 15.4 Å². The van der Waals surface area contributed by atoms with Gasteiger partial charge in [0.2, 0.25) is 0 Å². The number of benzene rings is 2. The van der Waals surface area contributed by atoms with Crippen LogP contribution in [-0.4, -0.2) is 76.4 Å². The largest absolute Gasteiger partial charge is 0.421 e. The number of halogens is 5. The predicted molar refractivity (Wildman–Crippen MR) is 239 cm³/mol. The smallest absolute Gasteiger partial charge is 0.340 e. The van der Waals surface area contributed by atoms with Crippen LogP contribution in [0.3, 0.4) is 0 Å². The Hall–Kier alpha value is -2.71. The van der Waals surface area contributed by atoms with Crippen LogP contribution in [0.5, 0.6) is 5.75 Å². The number of rotatable bonds is 16. The van der Waals surface area contributed by atoms with Crippen molar-refractivity contribution in [2.45, 2.75) is 50.8 Å². The monoisotopic (exact) mass is 968 g/mol. The highest BCUT2D eigenvalue weighted by atomic mass is 35.5. The molecule has 4 rings (SSSR count). The highest BCUT2D eigenvalue weighted by Crippen LogP contribution is 2.49. The van der Waals surface area contributed by atoms with Crippen molar-refractivity contribution in [1.82, 2.24) is 10.5 Å². The number of anilines is 1. The van der Waals surface area contributed by atoms with Crippen molar-refractivity contribution in [2.75, 3.05) is 36.6 Å². The predicted octanol–water partition coefficient (Wildman–Crippen LogP) is 9.63. The third kappa shape index (κ3) is 11.8. The summed E-state index contributed by atoms with van der Waals surface area (Å²) in [5.41, 5.74) is 5.45. The number of carbonyl (C=O) groups excluding carboxylic acids is 2. The van der Waals surface area contributed by atoms with E-state index in [0.29, 0.717) is 34.9 Å². The lowest BCUT2D eigenvalue weighted by molar-refractivity contribution is -0.181. The summed E-state index contributed by atoms with van der Waals surface area (Å²) in [6.45, 7) is 7.68. The van der Waals surface area contributed by atoms with Crippen molar-refractivity contribution in [1.29, 1.82) is 0 Å². The molecule has 0 saturated carbocycles. The number of hydrogen-bond donors (Lipinski definition) is 4. The molecule has 1 amide bonds. The molecular formula is C38H41Cl5N4O9S3. The van der Waals surface area contributed by atoms with E-state index >= 15 is 0 Å². The Morgan fingerprint density at radius 2 is 1.64 bits per heavy atom. The van der Waals surface area contributed by atoms with Crippen LogP contribution in [0.4, 0.5) is 5.69 Å². The fourth-order valence-corrected chi connectivity index (χ4v) is 8.45. The summed E-state index contributed by atoms with van der Waals surface area (Å²) in [5.74, 6) is -1.59. The van der Waals surface area contributed by atoms with Crippen LogP contribution < -0.4 is 15.1 Å². The average molecular weight is 971 g/mol. The van der Waals surface area contributed by atoms with Gasteiger partial charge in [0.25, 0.3) is 5.91 Å². The second-order valence-electron chi connectivity index (χ2n) is 13.9. The molecule has 13 nitrogen and oxygen atoms in total. The van der Waals surface area contributed by atoms with Gasteiger partial charge in [-0.1, -0.05) is 110 Å². The van der Waals surface area contributed by atoms with E-state index < -0.39 is 51.5 Å². The number of esters is 1. The standard InChI is InChI=1S/C38H41Cl5N4O9S3/c1-37(2)23(14-17-58(51)52)18-22(36(49)46(5)55-21-29(48)56-35-33(42)31(40)30(39)32(41)34(35)43)20-44-45-27(37)10-7-6-8-11-28-38(3,4)25-19-24(59(53)54)12-13-26(25)47(28)15-9-16-57-50/h6-8,10-13,18-20,44,50H,9,14-17,21H2,1-5H3,(H,51,52)(H,53,54)/b8-6+,10-7+,22-20?,23-18?,28-11+,45-27-. The van der Waals surface area contributed by atoms with Gasteiger partial charge in [-0.15, -0.1) is 0 Å². The number of hydrazone groups is 1. The minimum atomic E-state index is -2.14. The molecule has 0 aromatic heterocycles. The van der Waals surface area contributed by atoms with Crippen molar-refractivity contribution in [3.63, 3.8) is 0 Å². The van der Waals surface area contributed by atoms with E-state index in [1.165, 1.54) is 13.2 Å². The third-order valence-electron chi connectivity index (χ3n) is 9.43. The molecule has 59 heavy (non-hydrogen) atoms. The molecule has 320 valence electrons. The van der Waals surface area contributed by atoms with Gasteiger partial charge in [-0.2, -0.15) is 5.10 Å². The molecule has 0 saturated heterocycles. The topological polar surface area (TPSA) is 178 Å². The lowest BCUT2D eigenvalue weighted by Crippen LogP contribution is -2.34. The molecule has 0 aliphatic carbocycles. The number of nitrogens with zero attached hydrogens (tertiary/aromatic N) is 3. The lowest BCUT2D eigenvalue weighted by Gasteiger charge is -2.30. The summed E-state index contributed by atoms with van der Waals surface area (Å²) in [6.07, 6.45) is 13.0. The average Bonchev–Trinajstić information content (AvgIpc) is 3.39. The molecule has 2 aliphatic rings. The first kappa shape index (κ1) is 49.0. The number of amides is 1. The Labute approximate surface area is 376 Å². The maximum absolute atomic E-state index is 13.5. The number of ether oxygens (including phenoxy) is 1. The van der Waals surface area contributed by atoms with Gasteiger partial charge in [0.1, 0.15) is 10.0 Å². The maximum Gasteiger partial charge on any atom is 0.340 e. The van der Waals surface area contributed by atoms with Gasteiger partial charge in [-0.05, 0) is 66.9 Å². The second kappa shape index (κ2) is 21.4. The van der Waals surface area contributed by atoms with Crippen LogP contribution in [-0.2, 0) is 42.0 Å². The van der Waals surface area contributed by atoms with Gasteiger partial charge in [0, 0.05) is 47.8 Å². The van der Waals surface area contributed by atoms with E-state index in [1.807, 2.05) is 52.0 Å². The lowest BCUT2D eigenvalue weighted by atomic mass is 9.77. The molecule has 2 aliphatic heterocycles. The Morgan fingerprint density at radius 1 is 0.983 bits per heavy atom. The first-order valence-electron chi connectivity index (χ1n) is 17.5. The number of hydroxylamine groups is 2. The number of allylic oxidation sites excluding steroid dienone is 7. The number of hydrogen-bond acceptors (Lipinski definition) is 11. The highest BCUT2D eigenvalue weighted by molar-refractivity contribution is 7.93. The van der Waals surface area contributed by atoms with E-state index in [1.54, 1.807) is 30.4 Å². The molecular weight excluding hydrogens is 930 g/mol. The Morgan fingerprint density at radius 3 is 2.27 bits per heavy atom. The summed E-state index contributed by atoms with van der Waals surface area (Å²) in [5, 5.41) is 4.34. The van der Waals surface area contributed by atoms with Gasteiger partial charge < -0.3 is 23.3 Å². The second-order valence-corrected chi connectivity index (χ2v) is 18.5. The van der Waals surface area contributed by atoms with Crippen LogP contribution in [0.25, 0.3) is 0 Å². The summed E-state index contributed by atoms with van der Waals surface area (Å²) in [4.78, 5) is 34.0. The van der Waals surface area contributed by atoms with Crippen LogP contribution in [0, 0.1) is 5.41 Å². The quantitative estimate of drug-likeness (QED) is 0.0144. The number of likely N-dealkylation sites (N-methyl/N-ethyl adjacent to an activating group) is 1. The molecule has 4 N–H and O–H groups in total. The normalized spacial score (nSPS) is 18.7. The molecule has 0 bridgehead atoms. The fraction of sp³-hybridized carbons (Fsp3) is 0.342.